The van der Waals surface area contributed by atoms with E-state index in [1.165, 1.54) is 66.9 Å². The van der Waals surface area contributed by atoms with Crippen molar-refractivity contribution in [1.29, 1.82) is 0 Å². The number of nitrogens with zero attached hydrogens (tertiary/aromatic N) is 2. The Balaban J connectivity index is 1.68. The number of nitro groups is 2. The molecule has 0 amide bonds. The summed E-state index contributed by atoms with van der Waals surface area (Å²) in [6.07, 6.45) is -8.22. The average molecular weight is 1010 g/mol. The largest absolute Gasteiger partial charge is 0.494 e. The van der Waals surface area contributed by atoms with Crippen LogP contribution in [0.25, 0.3) is 0 Å². The fourth-order valence-corrected chi connectivity index (χ4v) is 7.23. The Kier molecular flexibility index (Phi) is 17.6. The maximum atomic E-state index is 14.4. The van der Waals surface area contributed by atoms with Crippen molar-refractivity contribution in [3.63, 3.8) is 0 Å². The van der Waals surface area contributed by atoms with Gasteiger partial charge in [-0.2, -0.15) is 0 Å². The maximum Gasteiger partial charge on any atom is 0.339 e. The number of ether oxygens (including phenoxy) is 15. The second-order valence-corrected chi connectivity index (χ2v) is 14.7. The summed E-state index contributed by atoms with van der Waals surface area (Å²) in [5.74, 6) is -10.1. The van der Waals surface area contributed by atoms with Gasteiger partial charge in [-0.15, -0.1) is 0 Å². The summed E-state index contributed by atoms with van der Waals surface area (Å²) in [6.45, 7) is -0.0114. The third-order valence-corrected chi connectivity index (χ3v) is 10.5. The number of hydrogen-bond donors (Lipinski definition) is 0. The second kappa shape index (κ2) is 23.4. The Bertz CT molecular complexity index is 2610. The monoisotopic (exact) mass is 1010 g/mol. The first-order valence-corrected chi connectivity index (χ1v) is 20.6. The first kappa shape index (κ1) is 54.4. The lowest BCUT2D eigenvalue weighted by molar-refractivity contribution is -0.394. The van der Waals surface area contributed by atoms with Gasteiger partial charge < -0.3 is 71.1 Å². The standard InChI is InChI=1S/C45H46N2O25/c1-21(48)72-45(66-10)33(49)17-25(18-34(45)62-6)40(50)67-20-32-37(69-41(51)22-11-26(46(54)55)19-27(12-22)47(56)57)38(70-42(52)23-13-28(58-2)35(63-7)29(14-23)59-3)39(44(65-9)68-32)71-43(53)24-15-30(60-4)36(64-8)31(16-24)61-5/h11-19,32,37-39,44H,20H2,1-10H3/t32-,37-,38+,39-,44-,45?/m1/s1. The summed E-state index contributed by atoms with van der Waals surface area (Å²) in [6, 6.07) is 6.63. The molecule has 5 rings (SSSR count). The number of hydrogen-bond acceptors (Lipinski definition) is 25. The van der Waals surface area contributed by atoms with E-state index in [0.717, 1.165) is 34.3 Å². The van der Waals surface area contributed by atoms with Crippen molar-refractivity contribution in [3.8, 4) is 34.5 Å². The third-order valence-electron chi connectivity index (χ3n) is 10.5. The molecule has 1 saturated heterocycles. The molecule has 0 spiro atoms. The molecule has 1 aliphatic carbocycles. The summed E-state index contributed by atoms with van der Waals surface area (Å²) >= 11 is 0. The van der Waals surface area contributed by atoms with Crippen LogP contribution in [0.1, 0.15) is 38.0 Å². The number of non-ortho nitro benzene ring substituents is 2. The summed E-state index contributed by atoms with van der Waals surface area (Å²) in [5.41, 5.74) is -3.67. The van der Waals surface area contributed by atoms with Gasteiger partial charge in [-0.3, -0.25) is 29.8 Å². The number of benzene rings is 3. The van der Waals surface area contributed by atoms with Gasteiger partial charge in [-0.05, 0) is 30.3 Å². The molecule has 1 unspecified atom stereocenters. The van der Waals surface area contributed by atoms with Crippen LogP contribution in [-0.2, 0) is 57.0 Å². The number of carbonyl (C=O) groups excluding carboxylic acids is 6. The number of methoxy groups -OCH3 is 9. The van der Waals surface area contributed by atoms with Gasteiger partial charge in [0.25, 0.3) is 11.4 Å². The Morgan fingerprint density at radius 2 is 1.03 bits per heavy atom. The number of carbonyl (C=O) groups is 6. The summed E-state index contributed by atoms with van der Waals surface area (Å²) in [5, 5.41) is 23.7. The van der Waals surface area contributed by atoms with E-state index >= 15 is 0 Å². The smallest absolute Gasteiger partial charge is 0.339 e. The lowest BCUT2D eigenvalue weighted by atomic mass is 9.97. The molecule has 72 heavy (non-hydrogen) atoms. The van der Waals surface area contributed by atoms with Crippen LogP contribution < -0.4 is 28.4 Å². The van der Waals surface area contributed by atoms with Crippen molar-refractivity contribution in [2.24, 2.45) is 0 Å². The van der Waals surface area contributed by atoms with E-state index in [0.29, 0.717) is 24.3 Å². The van der Waals surface area contributed by atoms with Crippen LogP contribution in [0.15, 0.2) is 65.9 Å². The van der Waals surface area contributed by atoms with Crippen LogP contribution in [0.2, 0.25) is 0 Å². The SMILES string of the molecule is COC1=CC(C(=O)OC[C@H]2O[C@@H](OC)[C@H](OC(=O)c3cc(OC)c(OC)c(OC)c3)[C@@H](OC(=O)c3cc(OC)c(OC)c(OC)c3)[C@@H]2OC(=O)c2cc([N+](=O)[O-])cc([N+](=O)[O-])c2)=CC(=O)C1(OC)OC(C)=O. The zero-order valence-electron chi connectivity index (χ0n) is 39.9. The molecule has 27 nitrogen and oxygen atoms in total. The van der Waals surface area contributed by atoms with Crippen molar-refractivity contribution in [2.45, 2.75) is 43.4 Å². The van der Waals surface area contributed by atoms with E-state index in [2.05, 4.69) is 0 Å². The summed E-state index contributed by atoms with van der Waals surface area (Å²) < 4.78 is 82.8. The van der Waals surface area contributed by atoms with E-state index in [1.54, 1.807) is 0 Å². The predicted molar refractivity (Wildman–Crippen MR) is 236 cm³/mol. The number of rotatable bonds is 21. The Labute approximate surface area is 407 Å². The van der Waals surface area contributed by atoms with Crippen LogP contribution in [0.4, 0.5) is 11.4 Å². The van der Waals surface area contributed by atoms with Gasteiger partial charge in [0.2, 0.25) is 17.3 Å². The van der Waals surface area contributed by atoms with Gasteiger partial charge in [0, 0.05) is 39.4 Å². The second-order valence-electron chi connectivity index (χ2n) is 14.7. The first-order chi connectivity index (χ1) is 34.3. The van der Waals surface area contributed by atoms with Crippen molar-refractivity contribution < 1.29 is 110 Å². The van der Waals surface area contributed by atoms with Gasteiger partial charge in [-0.1, -0.05) is 0 Å². The van der Waals surface area contributed by atoms with Crippen molar-refractivity contribution in [2.75, 3.05) is 70.6 Å². The van der Waals surface area contributed by atoms with Crippen LogP contribution in [0.5, 0.6) is 34.5 Å². The lowest BCUT2D eigenvalue weighted by Crippen LogP contribution is -2.63. The van der Waals surface area contributed by atoms with E-state index in [1.807, 2.05) is 0 Å². The maximum absolute atomic E-state index is 14.4. The van der Waals surface area contributed by atoms with Gasteiger partial charge in [-0.25, -0.2) is 19.2 Å². The van der Waals surface area contributed by atoms with Crippen LogP contribution in [0.3, 0.4) is 0 Å². The molecule has 0 aromatic heterocycles. The molecule has 1 heterocycles. The minimum atomic E-state index is -2.42. The average Bonchev–Trinajstić information content (AvgIpc) is 3.37. The highest BCUT2D eigenvalue weighted by Crippen LogP contribution is 2.41. The molecular formula is C45H46N2O25. The molecule has 386 valence electrons. The summed E-state index contributed by atoms with van der Waals surface area (Å²) in [7, 11) is 10.9. The van der Waals surface area contributed by atoms with Gasteiger partial charge >= 0.3 is 35.6 Å². The topological polar surface area (TPSA) is 327 Å². The molecule has 27 heteroatoms. The molecule has 0 bridgehead atoms. The predicted octanol–water partition coefficient (Wildman–Crippen LogP) is 3.39. The van der Waals surface area contributed by atoms with Gasteiger partial charge in [0.1, 0.15) is 12.7 Å². The first-order valence-electron chi connectivity index (χ1n) is 20.6. The molecule has 0 N–H and O–H groups in total. The highest BCUT2D eigenvalue weighted by atomic mass is 16.7. The zero-order valence-corrected chi connectivity index (χ0v) is 39.9. The molecule has 2 aliphatic rings. The van der Waals surface area contributed by atoms with E-state index in [9.17, 15) is 49.0 Å². The number of nitro benzene ring substituents is 2. The molecule has 6 atom stereocenters. The van der Waals surface area contributed by atoms with E-state index in [-0.39, 0.29) is 45.6 Å². The van der Waals surface area contributed by atoms with Crippen LogP contribution in [-0.4, -0.2) is 153 Å². The number of ketones is 1. The highest BCUT2D eigenvalue weighted by molar-refractivity contribution is 6.08. The summed E-state index contributed by atoms with van der Waals surface area (Å²) in [4.78, 5) is 104. The van der Waals surface area contributed by atoms with Crippen LogP contribution in [0, 0.1) is 20.2 Å². The minimum absolute atomic E-state index is 0.00127. The van der Waals surface area contributed by atoms with Gasteiger partial charge in [0.15, 0.2) is 53.4 Å². The highest BCUT2D eigenvalue weighted by Gasteiger charge is 2.54. The fourth-order valence-electron chi connectivity index (χ4n) is 7.23. The lowest BCUT2D eigenvalue weighted by Gasteiger charge is -2.44. The van der Waals surface area contributed by atoms with Crippen molar-refractivity contribution in [1.82, 2.24) is 0 Å². The number of esters is 5. The van der Waals surface area contributed by atoms with Crippen LogP contribution >= 0.6 is 0 Å². The molecule has 0 saturated carbocycles. The minimum Gasteiger partial charge on any atom is -0.494 e. The molecule has 1 fully saturated rings. The fraction of sp³-hybridized carbons (Fsp3) is 0.378. The molecular weight excluding hydrogens is 968 g/mol. The van der Waals surface area contributed by atoms with E-state index in [4.69, 9.17) is 71.1 Å². The zero-order chi connectivity index (χ0) is 53.2. The molecule has 3 aromatic carbocycles. The third kappa shape index (κ3) is 11.4. The van der Waals surface area contributed by atoms with Crippen molar-refractivity contribution in [3.05, 3.63) is 103 Å². The molecule has 3 aromatic rings. The quantitative estimate of drug-likeness (QED) is 0.0485. The molecule has 0 radical (unpaired) electrons. The molecule has 1 aliphatic heterocycles. The van der Waals surface area contributed by atoms with Crippen molar-refractivity contribution >= 4 is 47.0 Å². The normalized spacial score (nSPS) is 20.2. The Morgan fingerprint density at radius 1 is 0.583 bits per heavy atom. The Morgan fingerprint density at radius 3 is 1.42 bits per heavy atom. The van der Waals surface area contributed by atoms with Gasteiger partial charge in [0.05, 0.1) is 87.9 Å². The Hall–Kier alpha value is -8.56. The van der Waals surface area contributed by atoms with E-state index < -0.39 is 117 Å².